The Labute approximate surface area is 157 Å². The Balaban J connectivity index is 1.69. The maximum absolute atomic E-state index is 13.2. The van der Waals surface area contributed by atoms with Crippen LogP contribution < -0.4 is 0 Å². The smallest absolute Gasteiger partial charge is 0.272 e. The molecule has 0 unspecified atom stereocenters. The molecular formula is C20H34N4O2. The zero-order valence-electron chi connectivity index (χ0n) is 16.8. The minimum Gasteiger partial charge on any atom is -0.379 e. The quantitative estimate of drug-likeness (QED) is 0.808. The summed E-state index contributed by atoms with van der Waals surface area (Å²) in [4.78, 5) is 17.8. The van der Waals surface area contributed by atoms with E-state index in [1.807, 2.05) is 22.6 Å². The lowest BCUT2D eigenvalue weighted by molar-refractivity contribution is -0.0373. The maximum Gasteiger partial charge on any atom is 0.272 e. The van der Waals surface area contributed by atoms with Gasteiger partial charge in [0.25, 0.3) is 5.91 Å². The average molecular weight is 363 g/mol. The molecule has 0 aliphatic carbocycles. The summed E-state index contributed by atoms with van der Waals surface area (Å²) in [6, 6.07) is 2.25. The second-order valence-corrected chi connectivity index (χ2v) is 7.97. The molecule has 0 atom stereocenters. The molecule has 2 saturated heterocycles. The van der Waals surface area contributed by atoms with E-state index in [1.54, 1.807) is 0 Å². The summed E-state index contributed by atoms with van der Waals surface area (Å²) in [5.74, 6) is 0.140. The van der Waals surface area contributed by atoms with Gasteiger partial charge in [-0.25, -0.2) is 0 Å². The van der Waals surface area contributed by atoms with Crippen LogP contribution in [0.3, 0.4) is 0 Å². The number of morpholine rings is 1. The van der Waals surface area contributed by atoms with E-state index in [1.165, 1.54) is 0 Å². The maximum atomic E-state index is 13.2. The number of aromatic nitrogens is 2. The molecule has 0 radical (unpaired) electrons. The van der Waals surface area contributed by atoms with Crippen molar-refractivity contribution in [1.82, 2.24) is 19.6 Å². The van der Waals surface area contributed by atoms with Gasteiger partial charge >= 0.3 is 0 Å². The minimum atomic E-state index is 0.140. The van der Waals surface area contributed by atoms with Crippen molar-refractivity contribution in [2.45, 2.75) is 65.0 Å². The normalized spacial score (nSPS) is 21.3. The number of ether oxygens (including phenoxy) is 1. The largest absolute Gasteiger partial charge is 0.379 e. The standard InChI is InChI=1S/C20H34N4O2/c1-5-17(6-2)24-18(15-16(3)21-24)19(25)22-9-7-20(4,8-10-22)23-11-13-26-14-12-23/h15,17H,5-14H2,1-4H3. The second-order valence-electron chi connectivity index (χ2n) is 7.97. The van der Waals surface area contributed by atoms with Crippen LogP contribution in [-0.2, 0) is 4.74 Å². The molecule has 2 aliphatic heterocycles. The zero-order valence-corrected chi connectivity index (χ0v) is 16.8. The van der Waals surface area contributed by atoms with Crippen molar-refractivity contribution in [3.05, 3.63) is 17.5 Å². The lowest BCUT2D eigenvalue weighted by Gasteiger charge is -2.48. The Morgan fingerprint density at radius 1 is 1.19 bits per heavy atom. The molecule has 0 N–H and O–H groups in total. The molecule has 6 heteroatoms. The highest BCUT2D eigenvalue weighted by Crippen LogP contribution is 2.30. The number of hydrogen-bond acceptors (Lipinski definition) is 4. The summed E-state index contributed by atoms with van der Waals surface area (Å²) < 4.78 is 7.46. The first-order chi connectivity index (χ1) is 12.5. The summed E-state index contributed by atoms with van der Waals surface area (Å²) in [5, 5.41) is 4.62. The molecule has 26 heavy (non-hydrogen) atoms. The van der Waals surface area contributed by atoms with E-state index < -0.39 is 0 Å². The van der Waals surface area contributed by atoms with Crippen LogP contribution in [0.4, 0.5) is 0 Å². The highest BCUT2D eigenvalue weighted by molar-refractivity contribution is 5.92. The van der Waals surface area contributed by atoms with E-state index in [0.29, 0.717) is 6.04 Å². The van der Waals surface area contributed by atoms with E-state index in [-0.39, 0.29) is 11.4 Å². The monoisotopic (exact) mass is 362 g/mol. The van der Waals surface area contributed by atoms with Crippen molar-refractivity contribution >= 4 is 5.91 Å². The van der Waals surface area contributed by atoms with E-state index >= 15 is 0 Å². The van der Waals surface area contributed by atoms with E-state index in [2.05, 4.69) is 30.8 Å². The van der Waals surface area contributed by atoms with Gasteiger partial charge in [0.1, 0.15) is 5.69 Å². The van der Waals surface area contributed by atoms with Crippen molar-refractivity contribution in [3.8, 4) is 0 Å². The average Bonchev–Trinajstić information content (AvgIpc) is 3.05. The number of hydrogen-bond donors (Lipinski definition) is 0. The summed E-state index contributed by atoms with van der Waals surface area (Å²) in [7, 11) is 0. The SMILES string of the molecule is CCC(CC)n1nc(C)cc1C(=O)N1CCC(C)(N2CCOCC2)CC1. The van der Waals surface area contributed by atoms with E-state index in [4.69, 9.17) is 4.74 Å². The van der Waals surface area contributed by atoms with Gasteiger partial charge in [-0.05, 0) is 45.6 Å². The van der Waals surface area contributed by atoms with Crippen molar-refractivity contribution in [2.75, 3.05) is 39.4 Å². The topological polar surface area (TPSA) is 50.6 Å². The molecule has 2 aliphatic rings. The Bertz CT molecular complexity index is 609. The molecular weight excluding hydrogens is 328 g/mol. The van der Waals surface area contributed by atoms with Crippen LogP contribution >= 0.6 is 0 Å². The van der Waals surface area contributed by atoms with Crippen molar-refractivity contribution in [2.24, 2.45) is 0 Å². The third-order valence-electron chi connectivity index (χ3n) is 6.27. The summed E-state index contributed by atoms with van der Waals surface area (Å²) in [6.45, 7) is 13.9. The van der Waals surface area contributed by atoms with Gasteiger partial charge in [-0.3, -0.25) is 14.4 Å². The summed E-state index contributed by atoms with van der Waals surface area (Å²) in [6.07, 6.45) is 4.04. The number of likely N-dealkylation sites (tertiary alicyclic amines) is 1. The van der Waals surface area contributed by atoms with Crippen LogP contribution in [0.2, 0.25) is 0 Å². The number of rotatable bonds is 5. The molecule has 1 aromatic heterocycles. The van der Waals surface area contributed by atoms with Gasteiger partial charge in [0.2, 0.25) is 0 Å². The van der Waals surface area contributed by atoms with E-state index in [0.717, 1.165) is 76.5 Å². The van der Waals surface area contributed by atoms with Crippen LogP contribution in [0.25, 0.3) is 0 Å². The first-order valence-electron chi connectivity index (χ1n) is 10.2. The zero-order chi connectivity index (χ0) is 18.7. The first-order valence-corrected chi connectivity index (χ1v) is 10.2. The highest BCUT2D eigenvalue weighted by Gasteiger charge is 2.38. The van der Waals surface area contributed by atoms with Crippen molar-refractivity contribution in [3.63, 3.8) is 0 Å². The Hall–Kier alpha value is -1.40. The van der Waals surface area contributed by atoms with Crippen LogP contribution in [0, 0.1) is 6.92 Å². The fourth-order valence-electron chi connectivity index (χ4n) is 4.36. The number of amides is 1. The molecule has 6 nitrogen and oxygen atoms in total. The minimum absolute atomic E-state index is 0.140. The third kappa shape index (κ3) is 3.81. The highest BCUT2D eigenvalue weighted by atomic mass is 16.5. The molecule has 3 rings (SSSR count). The number of carbonyl (C=O) groups excluding carboxylic acids is 1. The van der Waals surface area contributed by atoms with Gasteiger partial charge in [0.05, 0.1) is 24.9 Å². The molecule has 1 aromatic rings. The molecule has 0 saturated carbocycles. The van der Waals surface area contributed by atoms with Gasteiger partial charge < -0.3 is 9.64 Å². The molecule has 146 valence electrons. The second kappa shape index (κ2) is 8.09. The lowest BCUT2D eigenvalue weighted by atomic mass is 9.87. The van der Waals surface area contributed by atoms with Crippen LogP contribution in [0.1, 0.15) is 68.7 Å². The molecule has 3 heterocycles. The third-order valence-corrected chi connectivity index (χ3v) is 6.27. The van der Waals surface area contributed by atoms with E-state index in [9.17, 15) is 4.79 Å². The fourth-order valence-corrected chi connectivity index (χ4v) is 4.36. The predicted molar refractivity (Wildman–Crippen MR) is 103 cm³/mol. The van der Waals surface area contributed by atoms with Crippen molar-refractivity contribution in [1.29, 1.82) is 0 Å². The summed E-state index contributed by atoms with van der Waals surface area (Å²) >= 11 is 0. The molecule has 2 fully saturated rings. The van der Waals surface area contributed by atoms with Crippen LogP contribution in [0.5, 0.6) is 0 Å². The number of piperidine rings is 1. The molecule has 0 spiro atoms. The van der Waals surface area contributed by atoms with Crippen LogP contribution in [-0.4, -0.2) is 70.4 Å². The number of aryl methyl sites for hydroxylation is 1. The first kappa shape index (κ1) is 19.4. The lowest BCUT2D eigenvalue weighted by Crippen LogP contribution is -2.57. The van der Waals surface area contributed by atoms with Gasteiger partial charge in [0, 0.05) is 31.7 Å². The van der Waals surface area contributed by atoms with Crippen LogP contribution in [0.15, 0.2) is 6.07 Å². The Kier molecular flexibility index (Phi) is 6.03. The Morgan fingerprint density at radius 3 is 2.38 bits per heavy atom. The molecule has 0 bridgehead atoms. The van der Waals surface area contributed by atoms with Gasteiger partial charge in [0.15, 0.2) is 0 Å². The van der Waals surface area contributed by atoms with Gasteiger partial charge in [-0.1, -0.05) is 13.8 Å². The molecule has 0 aromatic carbocycles. The number of carbonyl (C=O) groups is 1. The van der Waals surface area contributed by atoms with Gasteiger partial charge in [-0.2, -0.15) is 5.10 Å². The fraction of sp³-hybridized carbons (Fsp3) is 0.800. The van der Waals surface area contributed by atoms with Gasteiger partial charge in [-0.15, -0.1) is 0 Å². The predicted octanol–water partition coefficient (Wildman–Crippen LogP) is 2.88. The molecule has 1 amide bonds. The Morgan fingerprint density at radius 2 is 1.81 bits per heavy atom. The summed E-state index contributed by atoms with van der Waals surface area (Å²) in [5.41, 5.74) is 1.87. The number of nitrogens with zero attached hydrogens (tertiary/aromatic N) is 4. The van der Waals surface area contributed by atoms with Crippen molar-refractivity contribution < 1.29 is 9.53 Å².